The zero-order valence-electron chi connectivity index (χ0n) is 18.0. The maximum atomic E-state index is 13.4. The average Bonchev–Trinajstić information content (AvgIpc) is 2.99. The van der Waals surface area contributed by atoms with Crippen LogP contribution in [0.15, 0.2) is 42.5 Å². The van der Waals surface area contributed by atoms with Crippen LogP contribution in [-0.2, 0) is 24.3 Å². The molecule has 0 bridgehead atoms. The van der Waals surface area contributed by atoms with E-state index in [0.29, 0.717) is 24.3 Å². The second kappa shape index (κ2) is 7.56. The quantitative estimate of drug-likeness (QED) is 0.453. The minimum absolute atomic E-state index is 0.0964. The van der Waals surface area contributed by atoms with Crippen molar-refractivity contribution >= 4 is 5.69 Å². The van der Waals surface area contributed by atoms with E-state index in [-0.39, 0.29) is 24.8 Å². The van der Waals surface area contributed by atoms with Gasteiger partial charge in [-0.25, -0.2) is 0 Å². The highest BCUT2D eigenvalue weighted by molar-refractivity contribution is 5.63. The molecule has 3 atom stereocenters. The number of anilines is 1. The Morgan fingerprint density at radius 3 is 2.35 bits per heavy atom. The summed E-state index contributed by atoms with van der Waals surface area (Å²) in [7, 11) is 1.49. The molecule has 4 nitrogen and oxygen atoms in total. The predicted molar refractivity (Wildman–Crippen MR) is 111 cm³/mol. The normalized spacial score (nSPS) is 25.9. The molecule has 34 heavy (non-hydrogen) atoms. The first kappa shape index (κ1) is 22.9. The largest absolute Gasteiger partial charge is 0.493 e. The molecule has 1 N–H and O–H groups in total. The third kappa shape index (κ3) is 3.59. The van der Waals surface area contributed by atoms with Crippen LogP contribution in [0.4, 0.5) is 32.0 Å². The molecule has 2 aromatic carbocycles. The molecular formula is C24H21F6NO3. The molecule has 0 saturated carbocycles. The van der Waals surface area contributed by atoms with Gasteiger partial charge in [0.15, 0.2) is 11.5 Å². The van der Waals surface area contributed by atoms with Gasteiger partial charge in [-0.05, 0) is 36.2 Å². The molecule has 1 aliphatic carbocycles. The van der Waals surface area contributed by atoms with Gasteiger partial charge in [-0.3, -0.25) is 0 Å². The Kier molecular flexibility index (Phi) is 5.09. The van der Waals surface area contributed by atoms with Crippen molar-refractivity contribution < 1.29 is 40.9 Å². The van der Waals surface area contributed by atoms with Crippen molar-refractivity contribution in [1.29, 1.82) is 0 Å². The maximum absolute atomic E-state index is 13.4. The third-order valence-corrected chi connectivity index (χ3v) is 6.89. The molecule has 0 radical (unpaired) electrons. The fourth-order valence-electron chi connectivity index (χ4n) is 5.28. The number of benzene rings is 2. The van der Waals surface area contributed by atoms with E-state index in [1.54, 1.807) is 18.2 Å². The van der Waals surface area contributed by atoms with Crippen LogP contribution < -0.4 is 14.4 Å². The minimum atomic E-state index is -4.92. The molecule has 5 rings (SSSR count). The summed E-state index contributed by atoms with van der Waals surface area (Å²) in [5.74, 6) is 0.993. The molecule has 2 aliphatic heterocycles. The number of alkyl halides is 6. The summed E-state index contributed by atoms with van der Waals surface area (Å²) in [5.41, 5.74) is -1.97. The minimum Gasteiger partial charge on any atom is -0.493 e. The lowest BCUT2D eigenvalue weighted by Gasteiger charge is -2.36. The fourth-order valence-corrected chi connectivity index (χ4v) is 5.28. The summed E-state index contributed by atoms with van der Waals surface area (Å²) in [6, 6.07) is 5.10. The number of nitrogens with zero attached hydrogens (tertiary/aromatic N) is 1. The molecule has 182 valence electrons. The first-order valence-corrected chi connectivity index (χ1v) is 10.7. The smallest absolute Gasteiger partial charge is 0.416 e. The van der Waals surface area contributed by atoms with Gasteiger partial charge in [0.1, 0.15) is 6.10 Å². The Morgan fingerprint density at radius 2 is 1.74 bits per heavy atom. The topological polar surface area (TPSA) is 41.9 Å². The van der Waals surface area contributed by atoms with Crippen molar-refractivity contribution in [3.05, 3.63) is 64.7 Å². The molecule has 0 aromatic heterocycles. The Bertz CT molecular complexity index is 1130. The second-order valence-electron chi connectivity index (χ2n) is 8.88. The number of methoxy groups -OCH3 is 1. The first-order valence-electron chi connectivity index (χ1n) is 10.7. The highest BCUT2D eigenvalue weighted by Crippen LogP contribution is 2.56. The van der Waals surface area contributed by atoms with Gasteiger partial charge >= 0.3 is 12.4 Å². The summed E-state index contributed by atoms with van der Waals surface area (Å²) in [4.78, 5) is 1.54. The van der Waals surface area contributed by atoms with E-state index in [9.17, 15) is 31.4 Å². The molecule has 0 unspecified atom stereocenters. The van der Waals surface area contributed by atoms with Crippen LogP contribution in [0.25, 0.3) is 0 Å². The molecule has 2 heterocycles. The van der Waals surface area contributed by atoms with E-state index < -0.39 is 41.1 Å². The van der Waals surface area contributed by atoms with E-state index >= 15 is 0 Å². The van der Waals surface area contributed by atoms with Gasteiger partial charge in [0.2, 0.25) is 0 Å². The number of aliphatic hydroxyl groups excluding tert-OH is 1. The van der Waals surface area contributed by atoms with Crippen LogP contribution in [0, 0.1) is 0 Å². The van der Waals surface area contributed by atoms with Crippen LogP contribution >= 0.6 is 0 Å². The zero-order valence-corrected chi connectivity index (χ0v) is 18.0. The molecular weight excluding hydrogens is 464 g/mol. The molecule has 2 aromatic rings. The summed E-state index contributed by atoms with van der Waals surface area (Å²) < 4.78 is 92.3. The van der Waals surface area contributed by atoms with Crippen LogP contribution in [0.1, 0.15) is 35.1 Å². The lowest BCUT2D eigenvalue weighted by Crippen LogP contribution is -2.43. The lowest BCUT2D eigenvalue weighted by molar-refractivity contribution is -0.143. The number of rotatable bonds is 2. The molecule has 0 amide bonds. The standard InChI is InChI=1S/C24H21F6NO3/c1-33-18-3-2-13-12-31(16-9-14(23(25,26)27)8-15(10-16)24(28,29)30)7-6-22-5-4-17(32)11-19(22)34-21(18)20(13)22/h2-5,8-10,17,19,32H,6-7,11-12H2,1H3/t17-,19-,22-/m0/s1. The van der Waals surface area contributed by atoms with Gasteiger partial charge in [-0.1, -0.05) is 18.2 Å². The Balaban J connectivity index is 1.64. The fraction of sp³-hybridized carbons (Fsp3) is 0.417. The van der Waals surface area contributed by atoms with Crippen molar-refractivity contribution in [2.45, 2.75) is 49.4 Å². The Labute approximate surface area is 191 Å². The first-order chi connectivity index (χ1) is 15.9. The number of hydrogen-bond donors (Lipinski definition) is 1. The van der Waals surface area contributed by atoms with Crippen LogP contribution in [0.5, 0.6) is 11.5 Å². The SMILES string of the molecule is COc1ccc2c3c1O[C@H]1C[C@@H](O)C=C[C@@]31CCN(c1cc(C(F)(F)F)cc(C(F)(F)F)c1)C2. The Hall–Kier alpha value is -2.88. The third-order valence-electron chi connectivity index (χ3n) is 6.89. The van der Waals surface area contributed by atoms with Crippen molar-refractivity contribution in [2.24, 2.45) is 0 Å². The van der Waals surface area contributed by atoms with E-state index in [2.05, 4.69) is 0 Å². The van der Waals surface area contributed by atoms with Gasteiger partial charge in [0, 0.05) is 30.8 Å². The molecule has 1 spiro atoms. The maximum Gasteiger partial charge on any atom is 0.416 e. The highest BCUT2D eigenvalue weighted by Gasteiger charge is 2.53. The van der Waals surface area contributed by atoms with E-state index in [4.69, 9.17) is 9.47 Å². The lowest BCUT2D eigenvalue weighted by atomic mass is 9.69. The van der Waals surface area contributed by atoms with E-state index in [0.717, 1.165) is 23.3 Å². The van der Waals surface area contributed by atoms with Crippen LogP contribution in [0.2, 0.25) is 0 Å². The van der Waals surface area contributed by atoms with Crippen molar-refractivity contribution in [1.82, 2.24) is 0 Å². The second-order valence-corrected chi connectivity index (χ2v) is 8.88. The molecule has 0 saturated heterocycles. The van der Waals surface area contributed by atoms with Crippen molar-refractivity contribution in [2.75, 3.05) is 18.6 Å². The predicted octanol–water partition coefficient (Wildman–Crippen LogP) is 5.46. The Morgan fingerprint density at radius 1 is 1.06 bits per heavy atom. The van der Waals surface area contributed by atoms with Gasteiger partial charge < -0.3 is 19.5 Å². The van der Waals surface area contributed by atoms with Gasteiger partial charge in [0.05, 0.1) is 29.8 Å². The van der Waals surface area contributed by atoms with Gasteiger partial charge in [-0.15, -0.1) is 0 Å². The van der Waals surface area contributed by atoms with Gasteiger partial charge in [0.25, 0.3) is 0 Å². The molecule has 0 fully saturated rings. The van der Waals surface area contributed by atoms with Crippen LogP contribution in [-0.4, -0.2) is 31.0 Å². The summed E-state index contributed by atoms with van der Waals surface area (Å²) >= 11 is 0. The monoisotopic (exact) mass is 485 g/mol. The van der Waals surface area contributed by atoms with Gasteiger partial charge in [-0.2, -0.15) is 26.3 Å². The van der Waals surface area contributed by atoms with Crippen molar-refractivity contribution in [3.63, 3.8) is 0 Å². The number of hydrogen-bond acceptors (Lipinski definition) is 4. The molecule has 3 aliphatic rings. The number of halogens is 6. The van der Waals surface area contributed by atoms with Crippen molar-refractivity contribution in [3.8, 4) is 11.5 Å². The van der Waals surface area contributed by atoms with E-state index in [1.807, 2.05) is 6.08 Å². The van der Waals surface area contributed by atoms with Crippen LogP contribution in [0.3, 0.4) is 0 Å². The van der Waals surface area contributed by atoms with E-state index in [1.165, 1.54) is 12.0 Å². The summed E-state index contributed by atoms with van der Waals surface area (Å²) in [6.07, 6.45) is -6.76. The molecule has 10 heteroatoms. The zero-order chi connectivity index (χ0) is 24.5. The number of aliphatic hydroxyl groups is 1. The average molecular weight is 485 g/mol. The highest BCUT2D eigenvalue weighted by atomic mass is 19.4. The summed E-state index contributed by atoms with van der Waals surface area (Å²) in [5, 5.41) is 10.2. The summed E-state index contributed by atoms with van der Waals surface area (Å²) in [6.45, 7) is 0.286. The number of ether oxygens (including phenoxy) is 2.